The van der Waals surface area contributed by atoms with Crippen LogP contribution in [0.1, 0.15) is 0 Å². The van der Waals surface area contributed by atoms with E-state index in [1.165, 1.54) is 12.4 Å². The van der Waals surface area contributed by atoms with Gasteiger partial charge in [0.1, 0.15) is 12.1 Å². The second-order valence-electron chi connectivity index (χ2n) is 3.69. The molecular formula is C12H10N6O. The average molecular weight is 254 g/mol. The van der Waals surface area contributed by atoms with E-state index in [-0.39, 0.29) is 6.01 Å². The lowest BCUT2D eigenvalue weighted by atomic mass is 10.3. The van der Waals surface area contributed by atoms with Crippen LogP contribution in [0.4, 0.5) is 5.82 Å². The standard InChI is InChI=1S/C12H10N6O/c13-10-6-15-11(7-14-10)19-12-16-8-18(17-12)9-4-2-1-3-5-9/h1-8H,(H2,13,14). The largest absolute Gasteiger partial charge is 0.402 e. The molecule has 2 N–H and O–H groups in total. The van der Waals surface area contributed by atoms with Crippen LogP contribution in [0, 0.1) is 0 Å². The first kappa shape index (κ1) is 11.1. The van der Waals surface area contributed by atoms with Crippen molar-refractivity contribution < 1.29 is 4.74 Å². The maximum Gasteiger partial charge on any atom is 0.342 e. The lowest BCUT2D eigenvalue weighted by Gasteiger charge is -1.99. The molecule has 3 rings (SSSR count). The summed E-state index contributed by atoms with van der Waals surface area (Å²) in [5.41, 5.74) is 6.33. The number of nitrogens with two attached hydrogens (primary N) is 1. The Kier molecular flexibility index (Phi) is 2.77. The topological polar surface area (TPSA) is 91.7 Å². The van der Waals surface area contributed by atoms with Gasteiger partial charge in [0.15, 0.2) is 0 Å². The van der Waals surface area contributed by atoms with E-state index in [1.54, 1.807) is 11.0 Å². The van der Waals surface area contributed by atoms with Gasteiger partial charge in [0, 0.05) is 0 Å². The first-order valence-corrected chi connectivity index (χ1v) is 5.54. The van der Waals surface area contributed by atoms with Crippen LogP contribution >= 0.6 is 0 Å². The Morgan fingerprint density at radius 1 is 1.00 bits per heavy atom. The Balaban J connectivity index is 1.80. The average Bonchev–Trinajstić information content (AvgIpc) is 2.91. The minimum Gasteiger partial charge on any atom is -0.402 e. The molecule has 0 atom stereocenters. The van der Waals surface area contributed by atoms with Gasteiger partial charge < -0.3 is 10.5 Å². The van der Waals surface area contributed by atoms with Crippen molar-refractivity contribution >= 4 is 5.82 Å². The van der Waals surface area contributed by atoms with E-state index in [0.717, 1.165) is 5.69 Å². The molecule has 0 aliphatic rings. The maximum absolute atomic E-state index is 5.44. The Morgan fingerprint density at radius 3 is 2.58 bits per heavy atom. The van der Waals surface area contributed by atoms with Crippen LogP contribution in [-0.4, -0.2) is 24.7 Å². The number of hydrogen-bond acceptors (Lipinski definition) is 6. The third-order valence-electron chi connectivity index (χ3n) is 2.34. The summed E-state index contributed by atoms with van der Waals surface area (Å²) in [7, 11) is 0. The Bertz CT molecular complexity index is 664. The highest BCUT2D eigenvalue weighted by Crippen LogP contribution is 2.15. The molecule has 0 fully saturated rings. The van der Waals surface area contributed by atoms with Crippen LogP contribution in [0.3, 0.4) is 0 Å². The van der Waals surface area contributed by atoms with Crippen molar-refractivity contribution in [2.24, 2.45) is 0 Å². The lowest BCUT2D eigenvalue weighted by molar-refractivity contribution is 0.422. The highest BCUT2D eigenvalue weighted by atomic mass is 16.5. The van der Waals surface area contributed by atoms with Crippen molar-refractivity contribution in [1.29, 1.82) is 0 Å². The number of hydrogen-bond donors (Lipinski definition) is 1. The van der Waals surface area contributed by atoms with Gasteiger partial charge in [0.2, 0.25) is 5.88 Å². The van der Waals surface area contributed by atoms with E-state index in [1.807, 2.05) is 30.3 Å². The number of nitrogens with zero attached hydrogens (tertiary/aromatic N) is 5. The molecular weight excluding hydrogens is 244 g/mol. The predicted octanol–water partition coefficient (Wildman–Crippen LogP) is 1.43. The van der Waals surface area contributed by atoms with Crippen LogP contribution < -0.4 is 10.5 Å². The van der Waals surface area contributed by atoms with Crippen molar-refractivity contribution in [3.05, 3.63) is 49.1 Å². The zero-order chi connectivity index (χ0) is 13.1. The molecule has 0 unspecified atom stereocenters. The molecule has 7 nitrogen and oxygen atoms in total. The van der Waals surface area contributed by atoms with Crippen molar-refractivity contribution in [2.75, 3.05) is 5.73 Å². The molecule has 0 radical (unpaired) electrons. The van der Waals surface area contributed by atoms with E-state index in [0.29, 0.717) is 11.7 Å². The molecule has 7 heteroatoms. The van der Waals surface area contributed by atoms with Crippen molar-refractivity contribution in [2.45, 2.75) is 0 Å². The number of nitrogen functional groups attached to an aromatic ring is 1. The van der Waals surface area contributed by atoms with Crippen molar-refractivity contribution in [3.8, 4) is 17.6 Å². The van der Waals surface area contributed by atoms with Gasteiger partial charge in [-0.1, -0.05) is 18.2 Å². The van der Waals surface area contributed by atoms with Gasteiger partial charge in [-0.05, 0) is 12.1 Å². The van der Waals surface area contributed by atoms with E-state index >= 15 is 0 Å². The van der Waals surface area contributed by atoms with Gasteiger partial charge in [-0.2, -0.15) is 4.98 Å². The molecule has 3 aromatic rings. The highest BCUT2D eigenvalue weighted by Gasteiger charge is 2.05. The van der Waals surface area contributed by atoms with Crippen molar-refractivity contribution in [3.63, 3.8) is 0 Å². The van der Waals surface area contributed by atoms with Gasteiger partial charge in [-0.3, -0.25) is 0 Å². The van der Waals surface area contributed by atoms with Crippen molar-refractivity contribution in [1.82, 2.24) is 24.7 Å². The fourth-order valence-corrected chi connectivity index (χ4v) is 1.47. The summed E-state index contributed by atoms with van der Waals surface area (Å²) in [6.45, 7) is 0. The maximum atomic E-state index is 5.44. The van der Waals surface area contributed by atoms with Crippen LogP contribution in [0.2, 0.25) is 0 Å². The molecule has 94 valence electrons. The number of para-hydroxylation sites is 1. The smallest absolute Gasteiger partial charge is 0.342 e. The summed E-state index contributed by atoms with van der Waals surface area (Å²) in [6, 6.07) is 9.81. The SMILES string of the molecule is Nc1cnc(Oc2ncn(-c3ccccc3)n2)cn1. The van der Waals surface area contributed by atoms with Gasteiger partial charge in [0.05, 0.1) is 18.1 Å². The Labute approximate surface area is 108 Å². The minimum atomic E-state index is 0.197. The molecule has 19 heavy (non-hydrogen) atoms. The molecule has 0 saturated heterocycles. The highest BCUT2D eigenvalue weighted by molar-refractivity contribution is 5.30. The normalized spacial score (nSPS) is 10.3. The van der Waals surface area contributed by atoms with E-state index < -0.39 is 0 Å². The second kappa shape index (κ2) is 4.73. The quantitative estimate of drug-likeness (QED) is 0.760. The third-order valence-corrected chi connectivity index (χ3v) is 2.34. The monoisotopic (exact) mass is 254 g/mol. The fraction of sp³-hybridized carbons (Fsp3) is 0. The minimum absolute atomic E-state index is 0.197. The molecule has 0 aliphatic heterocycles. The number of aromatic nitrogens is 5. The molecule has 0 saturated carbocycles. The van der Waals surface area contributed by atoms with E-state index in [4.69, 9.17) is 10.5 Å². The first-order valence-electron chi connectivity index (χ1n) is 5.54. The predicted molar refractivity (Wildman–Crippen MR) is 67.9 cm³/mol. The van der Waals surface area contributed by atoms with Gasteiger partial charge in [0.25, 0.3) is 0 Å². The molecule has 2 heterocycles. The summed E-state index contributed by atoms with van der Waals surface area (Å²) < 4.78 is 6.97. The molecule has 0 spiro atoms. The van der Waals surface area contributed by atoms with Crippen LogP contribution in [0.5, 0.6) is 11.9 Å². The zero-order valence-electron chi connectivity index (χ0n) is 9.84. The van der Waals surface area contributed by atoms with Crippen LogP contribution in [-0.2, 0) is 0 Å². The van der Waals surface area contributed by atoms with Crippen LogP contribution in [0.15, 0.2) is 49.1 Å². The molecule has 0 bridgehead atoms. The van der Waals surface area contributed by atoms with E-state index in [2.05, 4.69) is 20.1 Å². The lowest BCUT2D eigenvalue weighted by Crippen LogP contribution is -1.96. The zero-order valence-corrected chi connectivity index (χ0v) is 9.84. The number of rotatable bonds is 3. The summed E-state index contributed by atoms with van der Waals surface area (Å²) in [6.07, 6.45) is 4.39. The molecule has 1 aromatic carbocycles. The third kappa shape index (κ3) is 2.49. The van der Waals surface area contributed by atoms with E-state index in [9.17, 15) is 0 Å². The summed E-state index contributed by atoms with van der Waals surface area (Å²) >= 11 is 0. The molecule has 0 amide bonds. The second-order valence-corrected chi connectivity index (χ2v) is 3.69. The Hall–Kier alpha value is -2.96. The summed E-state index contributed by atoms with van der Waals surface area (Å²) in [5.74, 6) is 0.620. The number of benzene rings is 1. The number of ether oxygens (including phenoxy) is 1. The van der Waals surface area contributed by atoms with Gasteiger partial charge in [-0.15, -0.1) is 5.10 Å². The summed E-state index contributed by atoms with van der Waals surface area (Å²) in [4.78, 5) is 11.9. The number of anilines is 1. The fourth-order valence-electron chi connectivity index (χ4n) is 1.47. The van der Waals surface area contributed by atoms with Gasteiger partial charge >= 0.3 is 6.01 Å². The van der Waals surface area contributed by atoms with Gasteiger partial charge in [-0.25, -0.2) is 14.6 Å². The first-order chi connectivity index (χ1) is 9.31. The molecule has 2 aromatic heterocycles. The van der Waals surface area contributed by atoms with Crippen LogP contribution in [0.25, 0.3) is 5.69 Å². The summed E-state index contributed by atoms with van der Waals surface area (Å²) in [5, 5.41) is 4.18. The Morgan fingerprint density at radius 2 is 1.84 bits per heavy atom. The molecule has 0 aliphatic carbocycles.